The lowest BCUT2D eigenvalue weighted by atomic mass is 9.99. The first-order valence-electron chi connectivity index (χ1n) is 45.8. The number of nitrogens with zero attached hydrogens (tertiary/aromatic N) is 1. The van der Waals surface area contributed by atoms with Gasteiger partial charge < -0.3 is 94.7 Å². The zero-order valence-electron chi connectivity index (χ0n) is 81.5. The molecule has 0 aromatic heterocycles. The molecule has 3 atom stereocenters. The third kappa shape index (κ3) is 55.3. The summed E-state index contributed by atoms with van der Waals surface area (Å²) in [6.45, 7) is 42.7. The third-order valence-electron chi connectivity index (χ3n) is 19.1. The first-order valence-corrected chi connectivity index (χ1v) is 45.8. The molecule has 0 aliphatic carbocycles. The largest absolute Gasteiger partial charge is 0.498 e. The van der Waals surface area contributed by atoms with Gasteiger partial charge in [0.15, 0.2) is 17.2 Å². The van der Waals surface area contributed by atoms with Gasteiger partial charge in [0.1, 0.15) is 50.1 Å². The van der Waals surface area contributed by atoms with Gasteiger partial charge in [0.2, 0.25) is 0 Å². The lowest BCUT2D eigenvalue weighted by Gasteiger charge is -2.16. The Bertz CT molecular complexity index is 4220. The van der Waals surface area contributed by atoms with E-state index in [1.54, 1.807) is 79.8 Å². The molecule has 0 spiro atoms. The van der Waals surface area contributed by atoms with Gasteiger partial charge in [0.05, 0.1) is 165 Å². The number of ether oxygens (including phenoxy) is 20. The molecular weight excluding hydrogens is 1660 g/mol. The Labute approximate surface area is 785 Å². The smallest absolute Gasteiger partial charge is 0.187 e. The predicted octanol–water partition coefficient (Wildman–Crippen LogP) is 24.8. The number of benzene rings is 8. The van der Waals surface area contributed by atoms with Gasteiger partial charge in [-0.2, -0.15) is 0 Å². The van der Waals surface area contributed by atoms with Crippen LogP contribution in [-0.2, 0) is 75.8 Å². The van der Waals surface area contributed by atoms with Crippen LogP contribution in [0.5, 0.6) is 23.0 Å². The maximum atomic E-state index is 6.92. The van der Waals surface area contributed by atoms with Gasteiger partial charge in [-0.15, -0.1) is 0 Å². The molecule has 0 saturated heterocycles. The minimum Gasteiger partial charge on any atom is -0.498 e. The van der Waals surface area contributed by atoms with Crippen LogP contribution in [0.3, 0.4) is 0 Å². The number of methoxy groups -OCH3 is 6. The molecule has 0 saturated carbocycles. The minimum atomic E-state index is -0.00231. The second-order valence-corrected chi connectivity index (χ2v) is 30.0. The highest BCUT2D eigenvalue weighted by atomic mass is 16.6. The summed E-state index contributed by atoms with van der Waals surface area (Å²) in [4.78, 5) is 3.37. The van der Waals surface area contributed by atoms with E-state index in [1.165, 1.54) is 0 Å². The van der Waals surface area contributed by atoms with Crippen molar-refractivity contribution in [3.8, 4) is 23.0 Å². The Balaban J connectivity index is 0.000000405. The van der Waals surface area contributed by atoms with Crippen molar-refractivity contribution in [1.82, 2.24) is 0 Å². The van der Waals surface area contributed by atoms with E-state index in [9.17, 15) is 0 Å². The molecule has 0 heterocycles. The molecule has 0 aliphatic heterocycles. The molecule has 8 aromatic rings. The van der Waals surface area contributed by atoms with Crippen molar-refractivity contribution < 1.29 is 94.7 Å². The summed E-state index contributed by atoms with van der Waals surface area (Å²) >= 11 is 0. The maximum Gasteiger partial charge on any atom is 0.187 e. The molecule has 3 unspecified atom stereocenters. The molecule has 131 heavy (non-hydrogen) atoms. The lowest BCUT2D eigenvalue weighted by molar-refractivity contribution is -0.0302. The van der Waals surface area contributed by atoms with E-state index in [2.05, 4.69) is 81.1 Å². The van der Waals surface area contributed by atoms with Crippen molar-refractivity contribution >= 4 is 39.1 Å². The van der Waals surface area contributed by atoms with E-state index in [0.717, 1.165) is 167 Å². The quantitative estimate of drug-likeness (QED) is 0.0199. The molecule has 8 rings (SSSR count). The Morgan fingerprint density at radius 3 is 0.908 bits per heavy atom. The van der Waals surface area contributed by atoms with Crippen LogP contribution >= 0.6 is 0 Å². The van der Waals surface area contributed by atoms with Crippen LogP contribution in [0.15, 0.2) is 250 Å². The van der Waals surface area contributed by atoms with Crippen LogP contribution in [0, 0.1) is 6.57 Å². The van der Waals surface area contributed by atoms with Crippen molar-refractivity contribution in [2.45, 2.75) is 146 Å². The van der Waals surface area contributed by atoms with Gasteiger partial charge in [-0.05, 0) is 177 Å². The highest BCUT2D eigenvalue weighted by Crippen LogP contribution is 2.31. The van der Waals surface area contributed by atoms with E-state index >= 15 is 0 Å². The second kappa shape index (κ2) is 78.0. The van der Waals surface area contributed by atoms with Crippen molar-refractivity contribution in [1.29, 1.82) is 0 Å². The van der Waals surface area contributed by atoms with Gasteiger partial charge in [-0.3, -0.25) is 0 Å². The SMILES string of the molecule is CCCCOCCOC=C(c1ccccc1)c1ccccc1.CCCCOCCOCCOC=C(C)c1ccc(OC)c(OC)c1.CCCCOCCOCCOC=C(C)c1ccc(OC)cc1.COCC(C)OC=C(c1ccccc1)c1ccccc1.COCC(C)OCC(C)OC=C(C)c1ccc(OC)cc1.[C-]#[N+]c1ccc(C(C)=COCCOCCOCCCC)cc1. The Kier molecular flexibility index (Phi) is 68.1. The molecule has 8 aromatic carbocycles. The fourth-order valence-corrected chi connectivity index (χ4v) is 11.4. The lowest BCUT2D eigenvalue weighted by Crippen LogP contribution is -2.21. The zero-order chi connectivity index (χ0) is 95.0. The van der Waals surface area contributed by atoms with Gasteiger partial charge in [0, 0.05) is 51.8 Å². The minimum absolute atomic E-state index is 0.00231. The molecule has 21 nitrogen and oxygen atoms in total. The van der Waals surface area contributed by atoms with Crippen molar-refractivity contribution in [3.63, 3.8) is 0 Å². The number of hydrogen-bond donors (Lipinski definition) is 0. The summed E-state index contributed by atoms with van der Waals surface area (Å²) in [7, 11) is 9.92. The second-order valence-electron chi connectivity index (χ2n) is 30.0. The van der Waals surface area contributed by atoms with Gasteiger partial charge in [-0.1, -0.05) is 229 Å². The number of allylic oxidation sites excluding steroid dienone is 4. The Morgan fingerprint density at radius 2 is 0.573 bits per heavy atom. The fraction of sp³-hybridized carbons (Fsp3) is 0.445. The Hall–Kier alpha value is -10.7. The summed E-state index contributed by atoms with van der Waals surface area (Å²) < 4.78 is 108. The van der Waals surface area contributed by atoms with E-state index in [4.69, 9.17) is 101 Å². The summed E-state index contributed by atoms with van der Waals surface area (Å²) in [5, 5.41) is 0. The first-order chi connectivity index (χ1) is 64.1. The van der Waals surface area contributed by atoms with Crippen LogP contribution in [0.2, 0.25) is 0 Å². The van der Waals surface area contributed by atoms with Crippen molar-refractivity contribution in [2.24, 2.45) is 0 Å². The van der Waals surface area contributed by atoms with E-state index < -0.39 is 0 Å². The number of hydrogen-bond acceptors (Lipinski definition) is 20. The highest BCUT2D eigenvalue weighted by Gasteiger charge is 2.12. The third-order valence-corrected chi connectivity index (χ3v) is 19.1. The number of rotatable bonds is 60. The molecule has 21 heteroatoms. The summed E-state index contributed by atoms with van der Waals surface area (Å²) in [5.41, 5.74) is 15.9. The molecular formula is C110H153NO20. The first kappa shape index (κ1) is 114. The maximum absolute atomic E-state index is 6.92. The van der Waals surface area contributed by atoms with Gasteiger partial charge in [-0.25, -0.2) is 4.85 Å². The summed E-state index contributed by atoms with van der Waals surface area (Å²) in [6.07, 6.45) is 19.8. The van der Waals surface area contributed by atoms with Crippen LogP contribution in [0.1, 0.15) is 172 Å². The van der Waals surface area contributed by atoms with Crippen molar-refractivity contribution in [2.75, 3.05) is 181 Å². The monoisotopic (exact) mass is 1810 g/mol. The Morgan fingerprint density at radius 1 is 0.282 bits per heavy atom. The molecule has 718 valence electrons. The topological polar surface area (TPSA) is 189 Å². The molecule has 0 radical (unpaired) electrons. The molecule has 0 N–H and O–H groups in total. The molecule has 0 amide bonds. The van der Waals surface area contributed by atoms with Crippen molar-refractivity contribution in [3.05, 3.63) is 306 Å². The standard InChI is InChI=1S/C20H24O2.C19H30O5.C18H25NO3.C18H28O4.C18H20O2.C17H26O4/c1-2-3-14-21-15-16-22-17-20(18-10-6-4-7-11-18)19-12-8-5-9-13-19;1-5-6-9-22-10-11-23-12-13-24-15-16(2)17-7-8-18(20-3)19(14-17)21-4;2*1-4-5-10-20-11-12-21-13-14-22-15-16(2)17-6-8-18(19-3)9-7-17;1-15(13-19-2)20-14-18(16-9-5-3-6-10-16)17-11-7-4-8-12-17;1-13(16-6-8-17(19-5)9-7-16)10-20-15(3)12-21-14(2)11-18-4/h4-13,17H,2-3,14-16H2,1H3;7-8,14-15H,5-6,9-13H2,1-4H3;6-9,15H,4-5,10-14H2,1-2H3;6-9,15H,4-5,10-14H2,1-3H3;3-12,14-15H,13H2,1-2H3;6-10,14-15H,11-12H2,1-5H3. The molecule has 0 bridgehead atoms. The normalized spacial score (nSPS) is 11.8. The van der Waals surface area contributed by atoms with Gasteiger partial charge >= 0.3 is 0 Å². The van der Waals surface area contributed by atoms with E-state index in [-0.39, 0.29) is 18.3 Å². The van der Waals surface area contributed by atoms with Crippen LogP contribution in [0.4, 0.5) is 5.69 Å². The molecule has 0 aliphatic rings. The van der Waals surface area contributed by atoms with Crippen LogP contribution < -0.4 is 18.9 Å². The van der Waals surface area contributed by atoms with Crippen LogP contribution in [0.25, 0.3) is 38.3 Å². The summed E-state index contributed by atoms with van der Waals surface area (Å²) in [5.74, 6) is 3.12. The highest BCUT2D eigenvalue weighted by molar-refractivity contribution is 5.80. The van der Waals surface area contributed by atoms with E-state index in [0.29, 0.717) is 130 Å². The average Bonchev–Trinajstić information content (AvgIpc) is 0.855. The fourth-order valence-electron chi connectivity index (χ4n) is 11.4. The zero-order valence-corrected chi connectivity index (χ0v) is 81.5. The van der Waals surface area contributed by atoms with E-state index in [1.807, 2.05) is 213 Å². The van der Waals surface area contributed by atoms with Gasteiger partial charge in [0.25, 0.3) is 0 Å². The van der Waals surface area contributed by atoms with Crippen LogP contribution in [-0.4, -0.2) is 200 Å². The predicted molar refractivity (Wildman–Crippen MR) is 532 cm³/mol. The molecule has 0 fully saturated rings. The number of unbranched alkanes of at least 4 members (excludes halogenated alkanes) is 4. The average molecular weight is 1810 g/mol. The summed E-state index contributed by atoms with van der Waals surface area (Å²) in [6, 6.07) is 70.1.